The third kappa shape index (κ3) is 4.01. The molecule has 0 fully saturated rings. The third-order valence-corrected chi connectivity index (χ3v) is 4.79. The zero-order valence-electron chi connectivity index (χ0n) is 16.8. The second-order valence-electron chi connectivity index (χ2n) is 7.18. The SMILES string of the molecule is CCC(CO)Nc1nc(NCc2cccc(C)c2O)c2ncn(C(C)C)c2n1. The molecule has 8 nitrogen and oxygen atoms in total. The maximum atomic E-state index is 10.3. The van der Waals surface area contributed by atoms with Crippen LogP contribution in [0.25, 0.3) is 11.2 Å². The highest BCUT2D eigenvalue weighted by molar-refractivity contribution is 5.84. The largest absolute Gasteiger partial charge is 0.507 e. The molecule has 1 atom stereocenters. The van der Waals surface area contributed by atoms with E-state index in [9.17, 15) is 10.2 Å². The summed E-state index contributed by atoms with van der Waals surface area (Å²) in [5, 5.41) is 26.2. The average molecular weight is 384 g/mol. The number of aliphatic hydroxyl groups excluding tert-OH is 1. The van der Waals surface area contributed by atoms with E-state index in [1.807, 2.05) is 36.6 Å². The Bertz CT molecular complexity index is 949. The van der Waals surface area contributed by atoms with E-state index in [2.05, 4.69) is 39.4 Å². The number of anilines is 2. The van der Waals surface area contributed by atoms with Crippen LogP contribution in [0.5, 0.6) is 5.75 Å². The van der Waals surface area contributed by atoms with Gasteiger partial charge in [0.1, 0.15) is 5.75 Å². The van der Waals surface area contributed by atoms with Gasteiger partial charge in [0, 0.05) is 18.2 Å². The van der Waals surface area contributed by atoms with Crippen molar-refractivity contribution in [2.75, 3.05) is 17.2 Å². The van der Waals surface area contributed by atoms with E-state index in [1.54, 1.807) is 6.33 Å². The van der Waals surface area contributed by atoms with Gasteiger partial charge in [-0.15, -0.1) is 0 Å². The number of aliphatic hydroxyl groups is 1. The fraction of sp³-hybridized carbons (Fsp3) is 0.450. The number of imidazole rings is 1. The van der Waals surface area contributed by atoms with Crippen LogP contribution in [0.3, 0.4) is 0 Å². The van der Waals surface area contributed by atoms with Gasteiger partial charge in [-0.25, -0.2) is 4.98 Å². The molecular formula is C20H28N6O2. The minimum atomic E-state index is -0.124. The van der Waals surface area contributed by atoms with Crippen LogP contribution < -0.4 is 10.6 Å². The summed E-state index contributed by atoms with van der Waals surface area (Å²) >= 11 is 0. The van der Waals surface area contributed by atoms with Gasteiger partial charge in [0.25, 0.3) is 0 Å². The number of benzene rings is 1. The van der Waals surface area contributed by atoms with Crippen LogP contribution in [0.1, 0.15) is 44.4 Å². The number of nitrogens with zero attached hydrogens (tertiary/aromatic N) is 4. The zero-order chi connectivity index (χ0) is 20.3. The van der Waals surface area contributed by atoms with E-state index < -0.39 is 0 Å². The topological polar surface area (TPSA) is 108 Å². The molecule has 28 heavy (non-hydrogen) atoms. The number of para-hydroxylation sites is 1. The fourth-order valence-corrected chi connectivity index (χ4v) is 2.98. The van der Waals surface area contributed by atoms with Crippen LogP contribution in [0.15, 0.2) is 24.5 Å². The predicted molar refractivity (Wildman–Crippen MR) is 111 cm³/mol. The summed E-state index contributed by atoms with van der Waals surface area (Å²) in [6, 6.07) is 5.73. The lowest BCUT2D eigenvalue weighted by molar-refractivity contribution is 0.271. The van der Waals surface area contributed by atoms with Gasteiger partial charge in [0.2, 0.25) is 5.95 Å². The standard InChI is InChI=1S/C20H28N6O2/c1-5-15(10-27)23-20-24-18(16-19(25-20)26(11-22-16)12(2)3)21-9-14-8-6-7-13(4)17(14)28/h6-8,11-12,15,27-28H,5,9-10H2,1-4H3,(H2,21,23,24,25). The van der Waals surface area contributed by atoms with E-state index in [0.717, 1.165) is 23.2 Å². The van der Waals surface area contributed by atoms with Gasteiger partial charge in [0.15, 0.2) is 17.0 Å². The van der Waals surface area contributed by atoms with Crippen LogP contribution in [0.4, 0.5) is 11.8 Å². The maximum Gasteiger partial charge on any atom is 0.227 e. The van der Waals surface area contributed by atoms with Gasteiger partial charge in [-0.1, -0.05) is 25.1 Å². The van der Waals surface area contributed by atoms with Crippen molar-refractivity contribution in [1.82, 2.24) is 19.5 Å². The lowest BCUT2D eigenvalue weighted by Crippen LogP contribution is -2.24. The highest BCUT2D eigenvalue weighted by Crippen LogP contribution is 2.26. The van der Waals surface area contributed by atoms with Crippen molar-refractivity contribution in [3.63, 3.8) is 0 Å². The number of hydrogen-bond acceptors (Lipinski definition) is 7. The molecule has 1 aromatic carbocycles. The van der Waals surface area contributed by atoms with Crippen molar-refractivity contribution < 1.29 is 10.2 Å². The molecule has 3 rings (SSSR count). The first-order chi connectivity index (χ1) is 13.4. The number of aromatic nitrogens is 4. The van der Waals surface area contributed by atoms with Crippen molar-refractivity contribution in [2.45, 2.75) is 52.7 Å². The maximum absolute atomic E-state index is 10.3. The fourth-order valence-electron chi connectivity index (χ4n) is 2.98. The van der Waals surface area contributed by atoms with E-state index in [4.69, 9.17) is 0 Å². The Hall–Kier alpha value is -2.87. The Balaban J connectivity index is 1.98. The number of nitrogens with one attached hydrogen (secondary N) is 2. The van der Waals surface area contributed by atoms with Gasteiger partial charge in [0.05, 0.1) is 19.0 Å². The summed E-state index contributed by atoms with van der Waals surface area (Å²) < 4.78 is 1.98. The number of phenols is 1. The molecular weight excluding hydrogens is 356 g/mol. The third-order valence-electron chi connectivity index (χ3n) is 4.79. The van der Waals surface area contributed by atoms with E-state index in [0.29, 0.717) is 23.8 Å². The minimum absolute atomic E-state index is 0.00126. The van der Waals surface area contributed by atoms with Gasteiger partial charge in [-0.3, -0.25) is 0 Å². The first-order valence-electron chi connectivity index (χ1n) is 9.57. The Morgan fingerprint density at radius 3 is 2.68 bits per heavy atom. The molecule has 0 radical (unpaired) electrons. The minimum Gasteiger partial charge on any atom is -0.507 e. The molecule has 0 spiro atoms. The number of aromatic hydroxyl groups is 1. The second-order valence-corrected chi connectivity index (χ2v) is 7.18. The summed E-state index contributed by atoms with van der Waals surface area (Å²) in [4.78, 5) is 13.7. The second kappa shape index (κ2) is 8.43. The molecule has 1 unspecified atom stereocenters. The van der Waals surface area contributed by atoms with Gasteiger partial charge >= 0.3 is 0 Å². The molecule has 0 aliphatic rings. The molecule has 0 amide bonds. The van der Waals surface area contributed by atoms with Crippen LogP contribution in [-0.4, -0.2) is 42.4 Å². The number of hydrogen-bond donors (Lipinski definition) is 4. The van der Waals surface area contributed by atoms with Crippen molar-refractivity contribution in [3.8, 4) is 5.75 Å². The molecule has 0 saturated heterocycles. The van der Waals surface area contributed by atoms with E-state index in [1.165, 1.54) is 0 Å². The average Bonchev–Trinajstić information content (AvgIpc) is 3.11. The molecule has 8 heteroatoms. The molecule has 3 aromatic rings. The number of aryl methyl sites for hydroxylation is 1. The number of fused-ring (bicyclic) bond motifs is 1. The molecule has 2 heterocycles. The molecule has 0 saturated carbocycles. The Labute approximate surface area is 164 Å². The summed E-state index contributed by atoms with van der Waals surface area (Å²) in [6.45, 7) is 8.40. The van der Waals surface area contributed by atoms with E-state index in [-0.39, 0.29) is 24.4 Å². The smallest absolute Gasteiger partial charge is 0.227 e. The summed E-state index contributed by atoms with van der Waals surface area (Å²) in [6.07, 6.45) is 2.51. The lowest BCUT2D eigenvalue weighted by Gasteiger charge is -2.16. The Morgan fingerprint density at radius 2 is 2.00 bits per heavy atom. The first kappa shape index (κ1) is 19.9. The van der Waals surface area contributed by atoms with Crippen LogP contribution in [0, 0.1) is 6.92 Å². The van der Waals surface area contributed by atoms with Crippen molar-refractivity contribution >= 4 is 22.9 Å². The van der Waals surface area contributed by atoms with Crippen LogP contribution >= 0.6 is 0 Å². The van der Waals surface area contributed by atoms with Crippen LogP contribution in [-0.2, 0) is 6.54 Å². The Morgan fingerprint density at radius 1 is 1.21 bits per heavy atom. The number of rotatable bonds is 8. The van der Waals surface area contributed by atoms with Crippen molar-refractivity contribution in [3.05, 3.63) is 35.7 Å². The summed E-state index contributed by atoms with van der Waals surface area (Å²) in [5.41, 5.74) is 3.00. The van der Waals surface area contributed by atoms with Crippen molar-refractivity contribution in [2.24, 2.45) is 0 Å². The monoisotopic (exact) mass is 384 g/mol. The van der Waals surface area contributed by atoms with Gasteiger partial charge < -0.3 is 25.4 Å². The normalized spacial score (nSPS) is 12.5. The summed E-state index contributed by atoms with van der Waals surface area (Å²) in [7, 11) is 0. The highest BCUT2D eigenvalue weighted by Gasteiger charge is 2.17. The molecule has 0 bridgehead atoms. The number of phenolic OH excluding ortho intramolecular Hbond substituents is 1. The molecule has 0 aliphatic carbocycles. The van der Waals surface area contributed by atoms with Crippen LogP contribution in [0.2, 0.25) is 0 Å². The molecule has 150 valence electrons. The predicted octanol–water partition coefficient (Wildman–Crippen LogP) is 3.22. The molecule has 4 N–H and O–H groups in total. The summed E-state index contributed by atoms with van der Waals surface area (Å²) in [5.74, 6) is 1.30. The first-order valence-corrected chi connectivity index (χ1v) is 9.57. The lowest BCUT2D eigenvalue weighted by atomic mass is 10.1. The van der Waals surface area contributed by atoms with E-state index >= 15 is 0 Å². The van der Waals surface area contributed by atoms with Gasteiger partial charge in [-0.05, 0) is 32.8 Å². The quantitative estimate of drug-likeness (QED) is 0.472. The van der Waals surface area contributed by atoms with Crippen molar-refractivity contribution in [1.29, 1.82) is 0 Å². The molecule has 0 aliphatic heterocycles. The zero-order valence-corrected chi connectivity index (χ0v) is 16.8. The highest BCUT2D eigenvalue weighted by atomic mass is 16.3. The van der Waals surface area contributed by atoms with Gasteiger partial charge in [-0.2, -0.15) is 9.97 Å². The Kier molecular flexibility index (Phi) is 5.99. The molecule has 2 aromatic heterocycles.